The SMILES string of the molecule is CCOC(=O)/C=C1/SCC(=O)N1CC(=O)Nc1cccc(C)c1C. The number of aryl methyl sites for hydroxylation is 1. The second kappa shape index (κ2) is 8.01. The van der Waals surface area contributed by atoms with Gasteiger partial charge in [-0.1, -0.05) is 23.9 Å². The lowest BCUT2D eigenvalue weighted by atomic mass is 10.1. The fourth-order valence-electron chi connectivity index (χ4n) is 2.20. The third-order valence-corrected chi connectivity index (χ3v) is 4.64. The van der Waals surface area contributed by atoms with Crippen LogP contribution in [0.25, 0.3) is 0 Å². The lowest BCUT2D eigenvalue weighted by molar-refractivity contribution is -0.137. The van der Waals surface area contributed by atoms with E-state index in [1.807, 2.05) is 32.0 Å². The lowest BCUT2D eigenvalue weighted by Crippen LogP contribution is -2.34. The summed E-state index contributed by atoms with van der Waals surface area (Å²) < 4.78 is 4.85. The van der Waals surface area contributed by atoms with Gasteiger partial charge in [0.2, 0.25) is 11.8 Å². The fraction of sp³-hybridized carbons (Fsp3) is 0.353. The van der Waals surface area contributed by atoms with Crippen molar-refractivity contribution in [2.24, 2.45) is 0 Å². The van der Waals surface area contributed by atoms with E-state index >= 15 is 0 Å². The summed E-state index contributed by atoms with van der Waals surface area (Å²) in [6.45, 7) is 5.72. The molecular formula is C17H20N2O4S. The van der Waals surface area contributed by atoms with Gasteiger partial charge in [0.1, 0.15) is 6.54 Å². The van der Waals surface area contributed by atoms with E-state index < -0.39 is 5.97 Å². The number of esters is 1. The van der Waals surface area contributed by atoms with Crippen molar-refractivity contribution in [3.05, 3.63) is 40.4 Å². The summed E-state index contributed by atoms with van der Waals surface area (Å²) in [5.74, 6) is -0.822. The van der Waals surface area contributed by atoms with E-state index in [1.165, 1.54) is 22.7 Å². The Balaban J connectivity index is 2.07. The highest BCUT2D eigenvalue weighted by Gasteiger charge is 2.29. The average Bonchev–Trinajstić information content (AvgIpc) is 2.85. The van der Waals surface area contributed by atoms with Crippen LogP contribution < -0.4 is 5.32 Å². The molecule has 0 aliphatic carbocycles. The highest BCUT2D eigenvalue weighted by atomic mass is 32.2. The average molecular weight is 348 g/mol. The van der Waals surface area contributed by atoms with Gasteiger partial charge in [-0.3, -0.25) is 14.5 Å². The van der Waals surface area contributed by atoms with Gasteiger partial charge in [-0.2, -0.15) is 0 Å². The number of carbonyl (C=O) groups is 3. The van der Waals surface area contributed by atoms with Crippen molar-refractivity contribution in [1.29, 1.82) is 0 Å². The Bertz CT molecular complexity index is 700. The van der Waals surface area contributed by atoms with Gasteiger partial charge in [0.05, 0.1) is 23.5 Å². The molecule has 1 heterocycles. The largest absolute Gasteiger partial charge is 0.463 e. The smallest absolute Gasteiger partial charge is 0.333 e. The van der Waals surface area contributed by atoms with Crippen molar-refractivity contribution in [1.82, 2.24) is 4.90 Å². The van der Waals surface area contributed by atoms with E-state index in [-0.39, 0.29) is 30.7 Å². The Morgan fingerprint density at radius 2 is 2.12 bits per heavy atom. The quantitative estimate of drug-likeness (QED) is 0.652. The first-order chi connectivity index (χ1) is 11.4. The van der Waals surface area contributed by atoms with E-state index in [0.717, 1.165) is 16.8 Å². The maximum Gasteiger partial charge on any atom is 0.333 e. The topological polar surface area (TPSA) is 75.7 Å². The monoisotopic (exact) mass is 348 g/mol. The van der Waals surface area contributed by atoms with E-state index in [0.29, 0.717) is 5.03 Å². The molecule has 0 bridgehead atoms. The van der Waals surface area contributed by atoms with E-state index in [9.17, 15) is 14.4 Å². The highest BCUT2D eigenvalue weighted by molar-refractivity contribution is 8.04. The molecule has 1 saturated heterocycles. The second-order valence-corrected chi connectivity index (χ2v) is 6.29. The molecule has 0 spiro atoms. The number of carbonyl (C=O) groups excluding carboxylic acids is 3. The number of rotatable bonds is 5. The first-order valence-corrected chi connectivity index (χ1v) is 8.58. The van der Waals surface area contributed by atoms with Crippen LogP contribution in [0.4, 0.5) is 5.69 Å². The van der Waals surface area contributed by atoms with Gasteiger partial charge >= 0.3 is 5.97 Å². The Morgan fingerprint density at radius 1 is 1.38 bits per heavy atom. The van der Waals surface area contributed by atoms with Crippen LogP contribution in [0.1, 0.15) is 18.1 Å². The molecule has 1 aliphatic rings. The number of hydrogen-bond acceptors (Lipinski definition) is 5. The predicted molar refractivity (Wildman–Crippen MR) is 93.4 cm³/mol. The molecule has 0 atom stereocenters. The molecular weight excluding hydrogens is 328 g/mol. The first kappa shape index (κ1) is 18.1. The molecule has 7 heteroatoms. The zero-order valence-electron chi connectivity index (χ0n) is 13.9. The summed E-state index contributed by atoms with van der Waals surface area (Å²) in [7, 11) is 0. The Labute approximate surface area is 145 Å². The minimum atomic E-state index is -0.519. The third-order valence-electron chi connectivity index (χ3n) is 3.62. The van der Waals surface area contributed by atoms with Crippen molar-refractivity contribution < 1.29 is 19.1 Å². The molecule has 24 heavy (non-hydrogen) atoms. The molecule has 0 saturated carbocycles. The summed E-state index contributed by atoms with van der Waals surface area (Å²) in [4.78, 5) is 37.1. The third kappa shape index (κ3) is 4.38. The van der Waals surface area contributed by atoms with Crippen LogP contribution in [0.2, 0.25) is 0 Å². The number of nitrogens with one attached hydrogen (secondary N) is 1. The van der Waals surface area contributed by atoms with Crippen LogP contribution in [0.15, 0.2) is 29.3 Å². The van der Waals surface area contributed by atoms with E-state index in [1.54, 1.807) is 6.92 Å². The van der Waals surface area contributed by atoms with Crippen molar-refractivity contribution in [3.63, 3.8) is 0 Å². The maximum atomic E-state index is 12.3. The second-order valence-electron chi connectivity index (χ2n) is 5.30. The Morgan fingerprint density at radius 3 is 2.83 bits per heavy atom. The normalized spacial score (nSPS) is 15.7. The van der Waals surface area contributed by atoms with Gasteiger partial charge < -0.3 is 10.1 Å². The van der Waals surface area contributed by atoms with Crippen LogP contribution in [-0.4, -0.2) is 41.6 Å². The van der Waals surface area contributed by atoms with Crippen molar-refractivity contribution in [2.75, 3.05) is 24.2 Å². The molecule has 2 amide bonds. The Hall–Kier alpha value is -2.28. The lowest BCUT2D eigenvalue weighted by Gasteiger charge is -2.17. The molecule has 1 N–H and O–H groups in total. The minimum absolute atomic E-state index is 0.134. The number of hydrogen-bond donors (Lipinski definition) is 1. The fourth-order valence-corrected chi connectivity index (χ4v) is 3.13. The Kier molecular flexibility index (Phi) is 6.03. The van der Waals surface area contributed by atoms with Gasteiger partial charge in [0.15, 0.2) is 0 Å². The molecule has 1 fully saturated rings. The maximum absolute atomic E-state index is 12.3. The molecule has 0 aromatic heterocycles. The summed E-state index contributed by atoms with van der Waals surface area (Å²) in [6, 6.07) is 5.64. The standard InChI is InChI=1S/C17H20N2O4S/c1-4-23-17(22)8-16-19(15(21)10-24-16)9-14(20)18-13-7-5-6-11(2)12(13)3/h5-8H,4,9-10H2,1-3H3,(H,18,20)/b16-8+. The van der Waals surface area contributed by atoms with Gasteiger partial charge in [-0.05, 0) is 38.0 Å². The van der Waals surface area contributed by atoms with Crippen LogP contribution in [0.5, 0.6) is 0 Å². The van der Waals surface area contributed by atoms with Gasteiger partial charge in [0, 0.05) is 5.69 Å². The molecule has 128 valence electrons. The van der Waals surface area contributed by atoms with Crippen LogP contribution in [0.3, 0.4) is 0 Å². The molecule has 6 nitrogen and oxygen atoms in total. The van der Waals surface area contributed by atoms with E-state index in [2.05, 4.69) is 5.32 Å². The van der Waals surface area contributed by atoms with Crippen molar-refractivity contribution >= 4 is 35.2 Å². The number of nitrogens with zero attached hydrogens (tertiary/aromatic N) is 1. The molecule has 1 aliphatic heterocycles. The van der Waals surface area contributed by atoms with Crippen LogP contribution in [0, 0.1) is 13.8 Å². The highest BCUT2D eigenvalue weighted by Crippen LogP contribution is 2.28. The zero-order chi connectivity index (χ0) is 17.7. The summed E-state index contributed by atoms with van der Waals surface area (Å²) in [5.41, 5.74) is 2.77. The number of amides is 2. The summed E-state index contributed by atoms with van der Waals surface area (Å²) in [5, 5.41) is 3.25. The number of thioether (sulfide) groups is 1. The molecule has 0 radical (unpaired) electrons. The number of anilines is 1. The van der Waals surface area contributed by atoms with Crippen LogP contribution >= 0.6 is 11.8 Å². The van der Waals surface area contributed by atoms with E-state index in [4.69, 9.17) is 4.74 Å². The zero-order valence-corrected chi connectivity index (χ0v) is 14.7. The molecule has 0 unspecified atom stereocenters. The van der Waals surface area contributed by atoms with Gasteiger partial charge in [-0.15, -0.1) is 0 Å². The van der Waals surface area contributed by atoms with Crippen molar-refractivity contribution in [2.45, 2.75) is 20.8 Å². The van der Waals surface area contributed by atoms with Crippen LogP contribution in [-0.2, 0) is 19.1 Å². The first-order valence-electron chi connectivity index (χ1n) is 7.60. The van der Waals surface area contributed by atoms with Gasteiger partial charge in [-0.25, -0.2) is 4.79 Å². The summed E-state index contributed by atoms with van der Waals surface area (Å²) in [6.07, 6.45) is 1.25. The summed E-state index contributed by atoms with van der Waals surface area (Å²) >= 11 is 1.22. The molecule has 2 rings (SSSR count). The molecule has 1 aromatic rings. The van der Waals surface area contributed by atoms with Gasteiger partial charge in [0.25, 0.3) is 0 Å². The number of benzene rings is 1. The van der Waals surface area contributed by atoms with Crippen molar-refractivity contribution in [3.8, 4) is 0 Å². The predicted octanol–water partition coefficient (Wildman–Crippen LogP) is 2.22. The minimum Gasteiger partial charge on any atom is -0.463 e. The number of ether oxygens (including phenoxy) is 1. The molecule has 1 aromatic carbocycles.